The molecule has 7 heteroatoms. The highest BCUT2D eigenvalue weighted by Gasteiger charge is 2.54. The van der Waals surface area contributed by atoms with E-state index >= 15 is 0 Å². The molecule has 2 aromatic rings. The molecule has 1 saturated carbocycles. The summed E-state index contributed by atoms with van der Waals surface area (Å²) in [6.45, 7) is 13.2. The van der Waals surface area contributed by atoms with E-state index in [2.05, 4.69) is 65.8 Å². The Hall–Kier alpha value is -3.26. The molecule has 0 aromatic heterocycles. The molecule has 0 unspecified atom stereocenters. The molecule has 4 rings (SSSR count). The zero-order valence-electron chi connectivity index (χ0n) is 29.3. The molecule has 7 nitrogen and oxygen atoms in total. The van der Waals surface area contributed by atoms with Gasteiger partial charge in [0.05, 0.1) is 13.2 Å². The Balaban J connectivity index is 1.66. The van der Waals surface area contributed by atoms with Crippen LogP contribution in [0.1, 0.15) is 89.5 Å². The molecule has 252 valence electrons. The highest BCUT2D eigenvalue weighted by atomic mass is 16.7. The molecule has 0 saturated heterocycles. The summed E-state index contributed by atoms with van der Waals surface area (Å²) in [6.07, 6.45) is 13.3. The zero-order valence-corrected chi connectivity index (χ0v) is 29.3. The summed E-state index contributed by atoms with van der Waals surface area (Å²) in [5.74, 6) is 3.12. The summed E-state index contributed by atoms with van der Waals surface area (Å²) in [6, 6.07) is 8.23. The van der Waals surface area contributed by atoms with Crippen molar-refractivity contribution in [3.05, 3.63) is 69.8 Å². The number of fused-ring (bicyclic) bond motifs is 2. The van der Waals surface area contributed by atoms with Gasteiger partial charge < -0.3 is 33.5 Å². The Labute approximate surface area is 276 Å². The number of hydrogen-bond donors (Lipinski definition) is 1. The van der Waals surface area contributed by atoms with Crippen LogP contribution in [0.15, 0.2) is 47.6 Å². The molecular weight excluding hydrogens is 580 g/mol. The SMILES string of the molecule is COCOc1cc(/C=C/c2cc3c(c(OC)c2)O[C@]2(C)CC[C@@H](O)C(C)(C)[C@H]2C3)cc(OCOC)c1C/C=C(\C)CCC=C(C)C. The van der Waals surface area contributed by atoms with E-state index in [4.69, 9.17) is 28.4 Å². The second kappa shape index (κ2) is 15.6. The topological polar surface area (TPSA) is 75.6 Å². The molecule has 2 aromatic carbocycles. The minimum Gasteiger partial charge on any atom is -0.493 e. The molecule has 1 fully saturated rings. The van der Waals surface area contributed by atoms with Gasteiger partial charge in [-0.1, -0.05) is 49.3 Å². The van der Waals surface area contributed by atoms with Gasteiger partial charge in [-0.05, 0) is 113 Å². The standard InChI is InChI=1S/C39H54O7/c1-26(2)11-10-12-27(3)13-16-31-32(44-24-41-7)20-29(21-33(31)45-25-42-8)15-14-28-19-30-23-35-38(4,5)36(40)17-18-39(35,6)46-37(30)34(22-28)43-9/h11,13-15,19-22,35-36,40H,10,12,16-18,23-25H2,1-9H3/b15-14+,27-13+/t35-,36-,39-/m1/s1. The van der Waals surface area contributed by atoms with Crippen molar-refractivity contribution >= 4 is 12.2 Å². The highest BCUT2D eigenvalue weighted by Crippen LogP contribution is 2.55. The largest absolute Gasteiger partial charge is 0.493 e. The average Bonchev–Trinajstić information content (AvgIpc) is 3.02. The van der Waals surface area contributed by atoms with Gasteiger partial charge in [-0.2, -0.15) is 0 Å². The monoisotopic (exact) mass is 634 g/mol. The van der Waals surface area contributed by atoms with Crippen LogP contribution in [0.2, 0.25) is 0 Å². The van der Waals surface area contributed by atoms with Crippen LogP contribution in [0, 0.1) is 11.3 Å². The van der Waals surface area contributed by atoms with Gasteiger partial charge in [0, 0.05) is 25.7 Å². The molecular formula is C39H54O7. The summed E-state index contributed by atoms with van der Waals surface area (Å²) >= 11 is 0. The first-order valence-corrected chi connectivity index (χ1v) is 16.4. The first-order chi connectivity index (χ1) is 21.9. The van der Waals surface area contributed by atoms with Gasteiger partial charge in [-0.3, -0.25) is 0 Å². The van der Waals surface area contributed by atoms with Gasteiger partial charge in [0.1, 0.15) is 17.1 Å². The molecule has 0 radical (unpaired) electrons. The summed E-state index contributed by atoms with van der Waals surface area (Å²) in [5.41, 5.74) is 5.99. The van der Waals surface area contributed by atoms with Crippen LogP contribution >= 0.6 is 0 Å². The Morgan fingerprint density at radius 3 is 2.09 bits per heavy atom. The van der Waals surface area contributed by atoms with Gasteiger partial charge in [-0.15, -0.1) is 0 Å². The fraction of sp³-hybridized carbons (Fsp3) is 0.538. The third kappa shape index (κ3) is 8.36. The van der Waals surface area contributed by atoms with E-state index in [1.807, 2.05) is 24.3 Å². The summed E-state index contributed by atoms with van der Waals surface area (Å²) < 4.78 is 35.2. The number of aliphatic hydroxyl groups excluding tert-OH is 1. The van der Waals surface area contributed by atoms with Crippen molar-refractivity contribution in [3.63, 3.8) is 0 Å². The van der Waals surface area contributed by atoms with Gasteiger partial charge in [-0.25, -0.2) is 0 Å². The van der Waals surface area contributed by atoms with Gasteiger partial charge in [0.2, 0.25) is 0 Å². The van der Waals surface area contributed by atoms with Crippen LogP contribution in [0.4, 0.5) is 0 Å². The minimum absolute atomic E-state index is 0.125. The number of methoxy groups -OCH3 is 3. The molecule has 3 atom stereocenters. The lowest BCUT2D eigenvalue weighted by atomic mass is 9.57. The van der Waals surface area contributed by atoms with E-state index < -0.39 is 0 Å². The van der Waals surface area contributed by atoms with Crippen molar-refractivity contribution in [1.29, 1.82) is 0 Å². The van der Waals surface area contributed by atoms with E-state index in [1.54, 1.807) is 21.3 Å². The van der Waals surface area contributed by atoms with Gasteiger partial charge in [0.15, 0.2) is 25.1 Å². The molecule has 0 amide bonds. The average molecular weight is 635 g/mol. The summed E-state index contributed by atoms with van der Waals surface area (Å²) in [4.78, 5) is 0. The molecule has 0 spiro atoms. The second-order valence-corrected chi connectivity index (χ2v) is 13.8. The van der Waals surface area contributed by atoms with Crippen LogP contribution < -0.4 is 18.9 Å². The lowest BCUT2D eigenvalue weighted by molar-refractivity contribution is -0.138. The third-order valence-corrected chi connectivity index (χ3v) is 9.61. The van der Waals surface area contributed by atoms with Crippen LogP contribution in [0.3, 0.4) is 0 Å². The molecule has 1 N–H and O–H groups in total. The fourth-order valence-corrected chi connectivity index (χ4v) is 6.84. The van der Waals surface area contributed by atoms with Crippen molar-refractivity contribution < 1.29 is 33.5 Å². The van der Waals surface area contributed by atoms with E-state index in [0.717, 1.165) is 65.9 Å². The third-order valence-electron chi connectivity index (χ3n) is 9.61. The number of benzene rings is 2. The number of allylic oxidation sites excluding steroid dienone is 4. The minimum atomic E-state index is -0.352. The van der Waals surface area contributed by atoms with Gasteiger partial charge >= 0.3 is 0 Å². The molecule has 0 bridgehead atoms. The van der Waals surface area contributed by atoms with Gasteiger partial charge in [0.25, 0.3) is 0 Å². The zero-order chi connectivity index (χ0) is 33.5. The fourth-order valence-electron chi connectivity index (χ4n) is 6.84. The maximum Gasteiger partial charge on any atom is 0.188 e. The number of hydrogen-bond acceptors (Lipinski definition) is 7. The number of rotatable bonds is 14. The first-order valence-electron chi connectivity index (χ1n) is 16.4. The van der Waals surface area contributed by atoms with E-state index in [-0.39, 0.29) is 36.6 Å². The lowest BCUT2D eigenvalue weighted by Crippen LogP contribution is -2.58. The number of ether oxygens (including phenoxy) is 6. The maximum absolute atomic E-state index is 10.9. The predicted molar refractivity (Wildman–Crippen MR) is 185 cm³/mol. The summed E-state index contributed by atoms with van der Waals surface area (Å²) in [7, 11) is 4.92. The normalized spacial score (nSPS) is 22.1. The van der Waals surface area contributed by atoms with E-state index in [1.165, 1.54) is 11.1 Å². The Morgan fingerprint density at radius 1 is 0.891 bits per heavy atom. The Kier molecular flexibility index (Phi) is 12.0. The molecule has 1 heterocycles. The Morgan fingerprint density at radius 2 is 1.50 bits per heavy atom. The quantitative estimate of drug-likeness (QED) is 0.127. The van der Waals surface area contributed by atoms with Crippen molar-refractivity contribution in [1.82, 2.24) is 0 Å². The van der Waals surface area contributed by atoms with Crippen molar-refractivity contribution in [2.45, 2.75) is 91.8 Å². The lowest BCUT2D eigenvalue weighted by Gasteiger charge is -2.55. The van der Waals surface area contributed by atoms with Crippen molar-refractivity contribution in [3.8, 4) is 23.0 Å². The van der Waals surface area contributed by atoms with Crippen LogP contribution in [0.25, 0.3) is 12.2 Å². The highest BCUT2D eigenvalue weighted by molar-refractivity contribution is 5.74. The second-order valence-electron chi connectivity index (χ2n) is 13.8. The van der Waals surface area contributed by atoms with Crippen molar-refractivity contribution in [2.24, 2.45) is 11.3 Å². The number of aliphatic hydroxyl groups is 1. The molecule has 2 aliphatic rings. The first kappa shape index (κ1) is 35.6. The summed E-state index contributed by atoms with van der Waals surface area (Å²) in [5, 5.41) is 10.9. The van der Waals surface area contributed by atoms with Crippen LogP contribution in [-0.4, -0.2) is 51.7 Å². The smallest absolute Gasteiger partial charge is 0.188 e. The van der Waals surface area contributed by atoms with E-state index in [9.17, 15) is 5.11 Å². The molecule has 1 aliphatic heterocycles. The Bertz CT molecular complexity index is 1400. The predicted octanol–water partition coefficient (Wildman–Crippen LogP) is 8.56. The van der Waals surface area contributed by atoms with Crippen molar-refractivity contribution in [2.75, 3.05) is 34.9 Å². The van der Waals surface area contributed by atoms with E-state index in [0.29, 0.717) is 17.9 Å². The molecule has 46 heavy (non-hydrogen) atoms. The maximum atomic E-state index is 10.9. The molecule has 1 aliphatic carbocycles. The van der Waals surface area contributed by atoms with Crippen LogP contribution in [-0.2, 0) is 22.3 Å². The van der Waals surface area contributed by atoms with Crippen LogP contribution in [0.5, 0.6) is 23.0 Å².